The number of carbonyl (C=O) groups is 1. The second-order valence-electron chi connectivity index (χ2n) is 4.74. The lowest BCUT2D eigenvalue weighted by molar-refractivity contribution is -0.132. The van der Waals surface area contributed by atoms with Gasteiger partial charge in [0.1, 0.15) is 0 Å². The average molecular weight is 278 g/mol. The Balaban J connectivity index is 1.76. The van der Waals surface area contributed by atoms with Crippen molar-refractivity contribution in [2.45, 2.75) is 30.7 Å². The van der Waals surface area contributed by atoms with Crippen LogP contribution < -0.4 is 5.32 Å². The summed E-state index contributed by atoms with van der Waals surface area (Å²) in [5.74, 6) is 1.15. The van der Waals surface area contributed by atoms with Crippen LogP contribution >= 0.6 is 11.8 Å². The van der Waals surface area contributed by atoms with Crippen molar-refractivity contribution in [3.05, 3.63) is 30.3 Å². The predicted molar refractivity (Wildman–Crippen MR) is 80.4 cm³/mol. The normalized spacial score (nSPS) is 18.5. The van der Waals surface area contributed by atoms with Crippen LogP contribution in [0.3, 0.4) is 0 Å². The first kappa shape index (κ1) is 14.4. The molecule has 0 aromatic heterocycles. The molecule has 104 valence electrons. The van der Waals surface area contributed by atoms with E-state index in [1.54, 1.807) is 11.8 Å². The number of rotatable bonds is 6. The van der Waals surface area contributed by atoms with E-state index in [1.165, 1.54) is 4.90 Å². The van der Waals surface area contributed by atoms with Crippen LogP contribution in [0.2, 0.25) is 0 Å². The Bertz CT molecular complexity index is 390. The summed E-state index contributed by atoms with van der Waals surface area (Å²) in [6.45, 7) is 4.88. The molecular formula is C15H22N2OS. The van der Waals surface area contributed by atoms with Crippen LogP contribution in [0, 0.1) is 0 Å². The van der Waals surface area contributed by atoms with Crippen molar-refractivity contribution in [3.8, 4) is 0 Å². The van der Waals surface area contributed by atoms with Crippen molar-refractivity contribution in [1.29, 1.82) is 0 Å². The largest absolute Gasteiger partial charge is 0.339 e. The smallest absolute Gasteiger partial charge is 0.223 e. The van der Waals surface area contributed by atoms with Gasteiger partial charge in [-0.1, -0.05) is 18.2 Å². The Morgan fingerprint density at radius 3 is 2.84 bits per heavy atom. The quantitative estimate of drug-likeness (QED) is 0.811. The lowest BCUT2D eigenvalue weighted by Crippen LogP contribution is -2.41. The highest BCUT2D eigenvalue weighted by molar-refractivity contribution is 7.99. The third-order valence-corrected chi connectivity index (χ3v) is 4.48. The number of benzene rings is 1. The van der Waals surface area contributed by atoms with E-state index in [1.807, 2.05) is 23.1 Å². The third-order valence-electron chi connectivity index (χ3n) is 3.46. The minimum Gasteiger partial charge on any atom is -0.339 e. The zero-order valence-electron chi connectivity index (χ0n) is 11.5. The molecule has 1 atom stereocenters. The average Bonchev–Trinajstić information content (AvgIpc) is 2.95. The van der Waals surface area contributed by atoms with Crippen LogP contribution in [0.15, 0.2) is 35.2 Å². The molecule has 1 N–H and O–H groups in total. The standard InChI is InChI=1S/C15H22N2OS/c1-2-17(13-8-10-16-12-13)15(18)9-11-19-14-6-4-3-5-7-14/h3-7,13,16H,2,8-12H2,1H3. The van der Waals surface area contributed by atoms with Gasteiger partial charge in [0.25, 0.3) is 0 Å². The molecule has 1 heterocycles. The first-order valence-corrected chi connectivity index (χ1v) is 7.98. The van der Waals surface area contributed by atoms with E-state index in [0.29, 0.717) is 18.4 Å². The molecule has 1 aromatic rings. The van der Waals surface area contributed by atoms with E-state index in [-0.39, 0.29) is 0 Å². The highest BCUT2D eigenvalue weighted by Crippen LogP contribution is 2.19. The number of nitrogens with one attached hydrogen (secondary N) is 1. The minimum absolute atomic E-state index is 0.291. The molecule has 4 heteroatoms. The number of nitrogens with zero attached hydrogens (tertiary/aromatic N) is 1. The van der Waals surface area contributed by atoms with Crippen molar-refractivity contribution in [1.82, 2.24) is 10.2 Å². The second-order valence-corrected chi connectivity index (χ2v) is 5.91. The summed E-state index contributed by atoms with van der Waals surface area (Å²) in [6, 6.07) is 10.7. The van der Waals surface area contributed by atoms with E-state index >= 15 is 0 Å². The molecule has 0 aliphatic carbocycles. The molecule has 0 spiro atoms. The Morgan fingerprint density at radius 2 is 2.21 bits per heavy atom. The Morgan fingerprint density at radius 1 is 1.42 bits per heavy atom. The molecular weight excluding hydrogens is 256 g/mol. The van der Waals surface area contributed by atoms with Crippen molar-refractivity contribution in [2.75, 3.05) is 25.4 Å². The lowest BCUT2D eigenvalue weighted by atomic mass is 10.2. The summed E-state index contributed by atoms with van der Waals surface area (Å²) in [4.78, 5) is 15.5. The fraction of sp³-hybridized carbons (Fsp3) is 0.533. The first-order valence-electron chi connectivity index (χ1n) is 6.99. The van der Waals surface area contributed by atoms with Crippen LogP contribution in [0.5, 0.6) is 0 Å². The number of carbonyl (C=O) groups excluding carboxylic acids is 1. The molecule has 3 nitrogen and oxygen atoms in total. The Labute approximate surface area is 119 Å². The SMILES string of the molecule is CCN(C(=O)CCSc1ccccc1)C1CCNC1. The van der Waals surface area contributed by atoms with Gasteiger partial charge in [0.05, 0.1) is 0 Å². The highest BCUT2D eigenvalue weighted by atomic mass is 32.2. The van der Waals surface area contributed by atoms with Gasteiger partial charge in [0, 0.05) is 36.2 Å². The molecule has 0 saturated carbocycles. The first-order chi connectivity index (χ1) is 9.31. The van der Waals surface area contributed by atoms with Crippen LogP contribution in [-0.2, 0) is 4.79 Å². The summed E-state index contributed by atoms with van der Waals surface area (Å²) in [5.41, 5.74) is 0. The van der Waals surface area contributed by atoms with Gasteiger partial charge in [-0.05, 0) is 32.0 Å². The summed E-state index contributed by atoms with van der Waals surface area (Å²) in [7, 11) is 0. The van der Waals surface area contributed by atoms with E-state index in [9.17, 15) is 4.79 Å². The van der Waals surface area contributed by atoms with Crippen molar-refractivity contribution >= 4 is 17.7 Å². The van der Waals surface area contributed by atoms with Gasteiger partial charge in [-0.3, -0.25) is 4.79 Å². The number of likely N-dealkylation sites (N-methyl/N-ethyl adjacent to an activating group) is 1. The van der Waals surface area contributed by atoms with Gasteiger partial charge in [-0.25, -0.2) is 0 Å². The van der Waals surface area contributed by atoms with Gasteiger partial charge in [0.15, 0.2) is 0 Å². The molecule has 1 unspecified atom stereocenters. The monoisotopic (exact) mass is 278 g/mol. The van der Waals surface area contributed by atoms with Gasteiger partial charge in [0.2, 0.25) is 5.91 Å². The molecule has 1 fully saturated rings. The molecule has 1 saturated heterocycles. The van der Waals surface area contributed by atoms with Gasteiger partial charge in [-0.15, -0.1) is 11.8 Å². The van der Waals surface area contributed by atoms with E-state index in [4.69, 9.17) is 0 Å². The maximum absolute atomic E-state index is 12.2. The van der Waals surface area contributed by atoms with Gasteiger partial charge in [-0.2, -0.15) is 0 Å². The third kappa shape index (κ3) is 4.25. The maximum atomic E-state index is 12.2. The summed E-state index contributed by atoms with van der Waals surface area (Å²) in [5, 5.41) is 3.32. The second kappa shape index (κ2) is 7.56. The topological polar surface area (TPSA) is 32.3 Å². The number of hydrogen-bond donors (Lipinski definition) is 1. The van der Waals surface area contributed by atoms with Crippen LogP contribution in [0.25, 0.3) is 0 Å². The maximum Gasteiger partial charge on any atom is 0.223 e. The van der Waals surface area contributed by atoms with Crippen LogP contribution in [-0.4, -0.2) is 42.2 Å². The highest BCUT2D eigenvalue weighted by Gasteiger charge is 2.24. The molecule has 1 amide bonds. The Kier molecular flexibility index (Phi) is 5.73. The molecule has 2 rings (SSSR count). The molecule has 0 bridgehead atoms. The zero-order valence-corrected chi connectivity index (χ0v) is 12.3. The number of amides is 1. The zero-order chi connectivity index (χ0) is 13.5. The molecule has 1 aromatic carbocycles. The van der Waals surface area contributed by atoms with Crippen LogP contribution in [0.1, 0.15) is 19.8 Å². The van der Waals surface area contributed by atoms with Crippen molar-refractivity contribution in [2.24, 2.45) is 0 Å². The number of thioether (sulfide) groups is 1. The van der Waals surface area contributed by atoms with Crippen LogP contribution in [0.4, 0.5) is 0 Å². The molecule has 0 radical (unpaired) electrons. The summed E-state index contributed by atoms with van der Waals surface area (Å²) >= 11 is 1.76. The van der Waals surface area contributed by atoms with Crippen molar-refractivity contribution < 1.29 is 4.79 Å². The van der Waals surface area contributed by atoms with E-state index < -0.39 is 0 Å². The van der Waals surface area contributed by atoms with E-state index in [2.05, 4.69) is 24.4 Å². The number of hydrogen-bond acceptors (Lipinski definition) is 3. The summed E-state index contributed by atoms with van der Waals surface area (Å²) in [6.07, 6.45) is 1.72. The van der Waals surface area contributed by atoms with Gasteiger partial charge >= 0.3 is 0 Å². The fourth-order valence-electron chi connectivity index (χ4n) is 2.46. The molecule has 1 aliphatic rings. The van der Waals surface area contributed by atoms with Gasteiger partial charge < -0.3 is 10.2 Å². The lowest BCUT2D eigenvalue weighted by Gasteiger charge is -2.27. The van der Waals surface area contributed by atoms with E-state index in [0.717, 1.165) is 31.8 Å². The summed E-state index contributed by atoms with van der Waals surface area (Å²) < 4.78 is 0. The predicted octanol–water partition coefficient (Wildman–Crippen LogP) is 2.38. The fourth-order valence-corrected chi connectivity index (χ4v) is 3.32. The van der Waals surface area contributed by atoms with Crippen molar-refractivity contribution in [3.63, 3.8) is 0 Å². The molecule has 19 heavy (non-hydrogen) atoms. The molecule has 1 aliphatic heterocycles. The Hall–Kier alpha value is -1.00. The minimum atomic E-state index is 0.291.